The fourth-order valence-corrected chi connectivity index (χ4v) is 3.44. The highest BCUT2D eigenvalue weighted by atomic mass is 19.1. The Kier molecular flexibility index (Phi) is 5.96. The number of hydrogen-bond acceptors (Lipinski definition) is 1. The lowest BCUT2D eigenvalue weighted by Gasteiger charge is -2.32. The minimum Gasteiger partial charge on any atom is -0.322 e. The van der Waals surface area contributed by atoms with Crippen LogP contribution in [-0.2, 0) is 11.3 Å². The fourth-order valence-electron chi connectivity index (χ4n) is 3.44. The lowest BCUT2D eigenvalue weighted by Crippen LogP contribution is -3.29. The predicted molar refractivity (Wildman–Crippen MR) is 96.0 cm³/mol. The molecule has 1 aliphatic heterocycles. The number of rotatable bonds is 5. The Morgan fingerprint density at radius 3 is 2.46 bits per heavy atom. The predicted octanol–water partition coefficient (Wildman–Crippen LogP) is 0.275. The molecule has 4 nitrogen and oxygen atoms in total. The van der Waals surface area contributed by atoms with Crippen LogP contribution in [0, 0.1) is 11.6 Å². The van der Waals surface area contributed by atoms with Crippen LogP contribution >= 0.6 is 0 Å². The van der Waals surface area contributed by atoms with Gasteiger partial charge in [-0.05, 0) is 19.1 Å². The molecule has 3 N–H and O–H groups in total. The summed E-state index contributed by atoms with van der Waals surface area (Å²) in [5.41, 5.74) is 1.22. The summed E-state index contributed by atoms with van der Waals surface area (Å²) in [5, 5.41) is 2.52. The highest BCUT2D eigenvalue weighted by Crippen LogP contribution is 2.15. The number of nitrogens with one attached hydrogen (secondary N) is 3. The van der Waals surface area contributed by atoms with Gasteiger partial charge in [0.2, 0.25) is 0 Å². The third kappa shape index (κ3) is 4.65. The van der Waals surface area contributed by atoms with Gasteiger partial charge in [-0.15, -0.1) is 0 Å². The molecule has 1 saturated heterocycles. The van der Waals surface area contributed by atoms with E-state index in [1.54, 1.807) is 0 Å². The molecule has 0 aliphatic carbocycles. The van der Waals surface area contributed by atoms with Crippen LogP contribution in [0.15, 0.2) is 48.5 Å². The summed E-state index contributed by atoms with van der Waals surface area (Å²) in [4.78, 5) is 15.1. The maximum Gasteiger partial charge on any atom is 0.282 e. The first kappa shape index (κ1) is 18.5. The van der Waals surface area contributed by atoms with Crippen molar-refractivity contribution in [1.29, 1.82) is 0 Å². The SMILES string of the molecule is C[C@H](C(=O)Nc1cc(F)ccc1F)[NH+]1CC[NH+](Cc2ccccc2)CC1. The summed E-state index contributed by atoms with van der Waals surface area (Å²) in [6, 6.07) is 13.1. The van der Waals surface area contributed by atoms with Crippen molar-refractivity contribution in [2.75, 3.05) is 31.5 Å². The van der Waals surface area contributed by atoms with Gasteiger partial charge in [-0.1, -0.05) is 30.3 Å². The Balaban J connectivity index is 1.52. The minimum absolute atomic E-state index is 0.102. The molecule has 138 valence electrons. The molecular formula is C20H25F2N3O+2. The molecule has 0 spiro atoms. The summed E-state index contributed by atoms with van der Waals surface area (Å²) >= 11 is 0. The average molecular weight is 361 g/mol. The molecule has 0 unspecified atom stereocenters. The smallest absolute Gasteiger partial charge is 0.282 e. The van der Waals surface area contributed by atoms with Gasteiger partial charge in [0.05, 0.1) is 5.69 Å². The molecule has 2 aromatic rings. The average Bonchev–Trinajstić information content (AvgIpc) is 2.65. The van der Waals surface area contributed by atoms with Gasteiger partial charge in [-0.2, -0.15) is 0 Å². The quantitative estimate of drug-likeness (QED) is 0.703. The number of carbonyl (C=O) groups excluding carboxylic acids is 1. The van der Waals surface area contributed by atoms with E-state index in [1.165, 1.54) is 15.4 Å². The van der Waals surface area contributed by atoms with Crippen molar-refractivity contribution in [2.24, 2.45) is 0 Å². The second kappa shape index (κ2) is 8.38. The number of halogens is 2. The van der Waals surface area contributed by atoms with E-state index in [0.717, 1.165) is 50.9 Å². The van der Waals surface area contributed by atoms with Crippen molar-refractivity contribution in [3.63, 3.8) is 0 Å². The van der Waals surface area contributed by atoms with Gasteiger partial charge in [-0.3, -0.25) is 4.79 Å². The lowest BCUT2D eigenvalue weighted by molar-refractivity contribution is -1.02. The maximum atomic E-state index is 13.7. The molecule has 0 radical (unpaired) electrons. The Labute approximate surface area is 152 Å². The zero-order chi connectivity index (χ0) is 18.5. The summed E-state index contributed by atoms with van der Waals surface area (Å²) in [5.74, 6) is -1.48. The Morgan fingerprint density at radius 1 is 1.08 bits per heavy atom. The second-order valence-electron chi connectivity index (χ2n) is 6.91. The van der Waals surface area contributed by atoms with Crippen LogP contribution in [0.3, 0.4) is 0 Å². The van der Waals surface area contributed by atoms with Crippen molar-refractivity contribution in [3.05, 3.63) is 65.7 Å². The van der Waals surface area contributed by atoms with E-state index >= 15 is 0 Å². The van der Waals surface area contributed by atoms with E-state index in [9.17, 15) is 13.6 Å². The molecule has 0 aromatic heterocycles. The zero-order valence-electron chi connectivity index (χ0n) is 14.9. The first-order chi connectivity index (χ1) is 12.5. The third-order valence-electron chi connectivity index (χ3n) is 5.09. The highest BCUT2D eigenvalue weighted by Gasteiger charge is 2.31. The van der Waals surface area contributed by atoms with Crippen LogP contribution in [0.5, 0.6) is 0 Å². The van der Waals surface area contributed by atoms with E-state index in [-0.39, 0.29) is 17.6 Å². The number of amides is 1. The molecule has 1 atom stereocenters. The largest absolute Gasteiger partial charge is 0.322 e. The third-order valence-corrected chi connectivity index (χ3v) is 5.09. The standard InChI is InChI=1S/C20H23F2N3O/c1-15(20(26)23-19-13-17(21)7-8-18(19)22)25-11-9-24(10-12-25)14-16-5-3-2-4-6-16/h2-8,13,15H,9-12,14H2,1H3,(H,23,26)/p+2/t15-/m1/s1. The second-order valence-corrected chi connectivity index (χ2v) is 6.91. The first-order valence-corrected chi connectivity index (χ1v) is 9.01. The van der Waals surface area contributed by atoms with Gasteiger partial charge in [-0.25, -0.2) is 8.78 Å². The molecule has 2 aromatic carbocycles. The molecule has 26 heavy (non-hydrogen) atoms. The Bertz CT molecular complexity index is 746. The lowest BCUT2D eigenvalue weighted by atomic mass is 10.1. The van der Waals surface area contributed by atoms with Crippen molar-refractivity contribution < 1.29 is 23.4 Å². The number of anilines is 1. The summed E-state index contributed by atoms with van der Waals surface area (Å²) in [7, 11) is 0. The molecular weight excluding hydrogens is 336 g/mol. The summed E-state index contributed by atoms with van der Waals surface area (Å²) in [6.45, 7) is 6.55. The Hall–Kier alpha value is -2.31. The van der Waals surface area contributed by atoms with Gasteiger partial charge in [0.1, 0.15) is 44.4 Å². The Morgan fingerprint density at radius 2 is 1.77 bits per heavy atom. The molecule has 1 fully saturated rings. The summed E-state index contributed by atoms with van der Waals surface area (Å²) in [6.07, 6.45) is 0. The van der Waals surface area contributed by atoms with E-state index in [2.05, 4.69) is 17.4 Å². The van der Waals surface area contributed by atoms with E-state index in [1.807, 2.05) is 25.1 Å². The van der Waals surface area contributed by atoms with Crippen molar-refractivity contribution in [1.82, 2.24) is 0 Å². The number of quaternary nitrogens is 2. The van der Waals surface area contributed by atoms with Crippen LogP contribution in [0.1, 0.15) is 12.5 Å². The van der Waals surface area contributed by atoms with Crippen molar-refractivity contribution in [2.45, 2.75) is 19.5 Å². The molecule has 6 heteroatoms. The van der Waals surface area contributed by atoms with Crippen LogP contribution in [0.2, 0.25) is 0 Å². The van der Waals surface area contributed by atoms with Crippen molar-refractivity contribution >= 4 is 11.6 Å². The maximum absolute atomic E-state index is 13.7. The van der Waals surface area contributed by atoms with Crippen LogP contribution < -0.4 is 15.1 Å². The van der Waals surface area contributed by atoms with Crippen LogP contribution in [0.25, 0.3) is 0 Å². The first-order valence-electron chi connectivity index (χ1n) is 9.01. The van der Waals surface area contributed by atoms with E-state index in [4.69, 9.17) is 0 Å². The van der Waals surface area contributed by atoms with Crippen molar-refractivity contribution in [3.8, 4) is 0 Å². The van der Waals surface area contributed by atoms with Gasteiger partial charge in [0, 0.05) is 11.6 Å². The minimum atomic E-state index is -0.626. The summed E-state index contributed by atoms with van der Waals surface area (Å²) < 4.78 is 27.0. The van der Waals surface area contributed by atoms with Gasteiger partial charge >= 0.3 is 0 Å². The number of hydrogen-bond donors (Lipinski definition) is 3. The highest BCUT2D eigenvalue weighted by molar-refractivity contribution is 5.93. The molecule has 1 amide bonds. The number of benzene rings is 2. The molecule has 0 bridgehead atoms. The number of carbonyl (C=O) groups is 1. The fraction of sp³-hybridized carbons (Fsp3) is 0.350. The monoisotopic (exact) mass is 361 g/mol. The van der Waals surface area contributed by atoms with Crippen LogP contribution in [0.4, 0.5) is 14.5 Å². The number of piperazine rings is 1. The molecule has 1 aliphatic rings. The normalized spacial score (nSPS) is 21.2. The van der Waals surface area contributed by atoms with Crippen LogP contribution in [-0.4, -0.2) is 38.1 Å². The van der Waals surface area contributed by atoms with Gasteiger partial charge in [0.25, 0.3) is 5.91 Å². The topological polar surface area (TPSA) is 38.0 Å². The van der Waals surface area contributed by atoms with E-state index in [0.29, 0.717) is 0 Å². The molecule has 3 rings (SSSR count). The molecule has 0 saturated carbocycles. The van der Waals surface area contributed by atoms with Gasteiger partial charge < -0.3 is 15.1 Å². The van der Waals surface area contributed by atoms with Gasteiger partial charge in [0.15, 0.2) is 6.04 Å². The van der Waals surface area contributed by atoms with E-state index < -0.39 is 11.6 Å². The molecule has 1 heterocycles. The zero-order valence-corrected chi connectivity index (χ0v) is 14.9.